The molecule has 0 unspecified atom stereocenters. The van der Waals surface area contributed by atoms with Crippen LogP contribution in [0.3, 0.4) is 0 Å². The molecule has 3 aromatic heterocycles. The number of hydrogen-bond acceptors (Lipinski definition) is 8. The number of carbonyl (C=O) groups excluding carboxylic acids is 1. The standard InChI is InChI=1S/C31H31F2N7O5S/c1-4-34-29(42)36-19-10-8-18(9-11-19)26-21(16-38(2)14-15-45-3)25-27(41)40(24-12-13-35-30(43)37-24)31(44)39(28(25)46-26)17-20-22(32)6-5-7-23(20)33/h5-13H,4,14-17H2,1-3H3,(H2,34,36,42)(H,35,37,43). The maximum absolute atomic E-state index is 14.9. The van der Waals surface area contributed by atoms with E-state index < -0.39 is 35.1 Å². The maximum atomic E-state index is 14.9. The highest BCUT2D eigenvalue weighted by Gasteiger charge is 2.26. The molecule has 0 radical (unpaired) electrons. The fourth-order valence-corrected chi connectivity index (χ4v) is 6.28. The molecule has 0 saturated carbocycles. The number of rotatable bonds is 11. The summed E-state index contributed by atoms with van der Waals surface area (Å²) >= 11 is 1.13. The predicted octanol–water partition coefficient (Wildman–Crippen LogP) is 3.51. The number of aromatic amines is 1. The normalized spacial score (nSPS) is 11.3. The van der Waals surface area contributed by atoms with Gasteiger partial charge in [0.05, 0.1) is 18.5 Å². The molecule has 12 nitrogen and oxygen atoms in total. The lowest BCUT2D eigenvalue weighted by Gasteiger charge is -2.17. The Morgan fingerprint density at radius 1 is 1.07 bits per heavy atom. The molecule has 3 heterocycles. The Balaban J connectivity index is 1.80. The van der Waals surface area contributed by atoms with E-state index in [1.54, 1.807) is 38.3 Å². The molecular weight excluding hydrogens is 620 g/mol. The van der Waals surface area contributed by atoms with Gasteiger partial charge in [0, 0.05) is 49.1 Å². The Morgan fingerprint density at radius 3 is 2.43 bits per heavy atom. The van der Waals surface area contributed by atoms with Crippen LogP contribution in [-0.4, -0.2) is 63.9 Å². The quantitative estimate of drug-likeness (QED) is 0.198. The highest BCUT2D eigenvalue weighted by atomic mass is 32.1. The van der Waals surface area contributed by atoms with Crippen LogP contribution in [0.25, 0.3) is 26.5 Å². The fraction of sp³-hybridized carbons (Fsp3) is 0.258. The number of methoxy groups -OCH3 is 1. The number of amides is 2. The molecule has 240 valence electrons. The van der Waals surface area contributed by atoms with Crippen LogP contribution in [0.5, 0.6) is 0 Å². The minimum absolute atomic E-state index is 0.141. The van der Waals surface area contributed by atoms with Gasteiger partial charge in [0.15, 0.2) is 0 Å². The molecule has 0 bridgehead atoms. The smallest absolute Gasteiger partial charge is 0.346 e. The van der Waals surface area contributed by atoms with Crippen molar-refractivity contribution in [2.45, 2.75) is 20.0 Å². The zero-order valence-electron chi connectivity index (χ0n) is 25.2. The van der Waals surface area contributed by atoms with Crippen LogP contribution in [-0.2, 0) is 17.8 Å². The largest absolute Gasteiger partial charge is 0.383 e. The van der Waals surface area contributed by atoms with E-state index in [-0.39, 0.29) is 34.2 Å². The number of aromatic nitrogens is 4. The lowest BCUT2D eigenvalue weighted by atomic mass is 10.1. The van der Waals surface area contributed by atoms with Crippen molar-refractivity contribution in [3.63, 3.8) is 0 Å². The van der Waals surface area contributed by atoms with E-state index in [1.807, 2.05) is 11.9 Å². The first-order valence-electron chi connectivity index (χ1n) is 14.3. The summed E-state index contributed by atoms with van der Waals surface area (Å²) in [7, 11) is 3.42. The van der Waals surface area contributed by atoms with Crippen LogP contribution in [0.4, 0.5) is 19.3 Å². The van der Waals surface area contributed by atoms with Gasteiger partial charge in [0.25, 0.3) is 5.56 Å². The molecule has 0 fully saturated rings. The van der Waals surface area contributed by atoms with Gasteiger partial charge in [-0.25, -0.2) is 32.7 Å². The highest BCUT2D eigenvalue weighted by molar-refractivity contribution is 7.22. The lowest BCUT2D eigenvalue weighted by molar-refractivity contribution is 0.159. The number of nitrogens with one attached hydrogen (secondary N) is 3. The first kappa shape index (κ1) is 32.4. The van der Waals surface area contributed by atoms with Crippen LogP contribution in [0.1, 0.15) is 18.1 Å². The van der Waals surface area contributed by atoms with Gasteiger partial charge in [-0.1, -0.05) is 18.2 Å². The summed E-state index contributed by atoms with van der Waals surface area (Å²) in [6.07, 6.45) is 1.15. The molecule has 5 rings (SSSR count). The van der Waals surface area contributed by atoms with Gasteiger partial charge in [-0.05, 0) is 55.4 Å². The maximum Gasteiger partial charge on any atom is 0.346 e. The third-order valence-electron chi connectivity index (χ3n) is 7.20. The fourth-order valence-electron chi connectivity index (χ4n) is 4.97. The first-order valence-corrected chi connectivity index (χ1v) is 15.1. The number of likely N-dealkylation sites (N-methyl/N-ethyl adjacent to an activating group) is 1. The predicted molar refractivity (Wildman–Crippen MR) is 172 cm³/mol. The van der Waals surface area contributed by atoms with Crippen molar-refractivity contribution in [3.8, 4) is 16.3 Å². The Morgan fingerprint density at radius 2 is 1.78 bits per heavy atom. The van der Waals surface area contributed by atoms with Crippen LogP contribution in [0.15, 0.2) is 69.1 Å². The van der Waals surface area contributed by atoms with Crippen LogP contribution in [0, 0.1) is 11.6 Å². The number of fused-ring (bicyclic) bond motifs is 1. The van der Waals surface area contributed by atoms with Gasteiger partial charge < -0.3 is 15.4 Å². The SMILES string of the molecule is CCNC(=O)Nc1ccc(-c2sc3c(c2CN(C)CCOC)c(=O)n(-c2ccnc(=O)[nH]2)c(=O)n3Cc2c(F)cccc2F)cc1. The summed E-state index contributed by atoms with van der Waals surface area (Å²) in [4.78, 5) is 61.2. The molecule has 3 N–H and O–H groups in total. The van der Waals surface area contributed by atoms with Crippen molar-refractivity contribution >= 4 is 33.3 Å². The number of urea groups is 1. The van der Waals surface area contributed by atoms with Crippen LogP contribution < -0.4 is 27.6 Å². The number of ether oxygens (including phenoxy) is 1. The van der Waals surface area contributed by atoms with Crippen molar-refractivity contribution in [2.24, 2.45) is 0 Å². The van der Waals surface area contributed by atoms with Gasteiger partial charge in [0.2, 0.25) is 0 Å². The number of hydrogen-bond donors (Lipinski definition) is 3. The second-order valence-electron chi connectivity index (χ2n) is 10.4. The molecule has 2 amide bonds. The van der Waals surface area contributed by atoms with E-state index in [2.05, 4.69) is 20.6 Å². The molecule has 0 spiro atoms. The summed E-state index contributed by atoms with van der Waals surface area (Å²) in [5.41, 5.74) is -1.02. The molecule has 5 aromatic rings. The molecule has 0 aliphatic carbocycles. The molecule has 0 saturated heterocycles. The number of thiophene rings is 1. The number of halogens is 2. The van der Waals surface area contributed by atoms with E-state index in [0.29, 0.717) is 41.4 Å². The monoisotopic (exact) mass is 651 g/mol. The number of nitrogens with zero attached hydrogens (tertiary/aromatic N) is 4. The third kappa shape index (κ3) is 6.66. The van der Waals surface area contributed by atoms with E-state index in [4.69, 9.17) is 4.74 Å². The number of anilines is 1. The molecule has 15 heteroatoms. The molecule has 46 heavy (non-hydrogen) atoms. The highest BCUT2D eigenvalue weighted by Crippen LogP contribution is 2.38. The molecule has 2 aromatic carbocycles. The van der Waals surface area contributed by atoms with E-state index >= 15 is 0 Å². The van der Waals surface area contributed by atoms with Crippen molar-refractivity contribution in [1.82, 2.24) is 29.3 Å². The Kier molecular flexibility index (Phi) is 9.84. The summed E-state index contributed by atoms with van der Waals surface area (Å²) in [5, 5.41) is 5.54. The van der Waals surface area contributed by atoms with Crippen molar-refractivity contribution < 1.29 is 18.3 Å². The van der Waals surface area contributed by atoms with Crippen LogP contribution in [0.2, 0.25) is 0 Å². The van der Waals surface area contributed by atoms with Crippen LogP contribution >= 0.6 is 11.3 Å². The van der Waals surface area contributed by atoms with Crippen molar-refractivity contribution in [2.75, 3.05) is 39.2 Å². The number of benzene rings is 2. The lowest BCUT2D eigenvalue weighted by Crippen LogP contribution is -2.40. The first-order chi connectivity index (χ1) is 22.1. The van der Waals surface area contributed by atoms with Crippen molar-refractivity contribution in [3.05, 3.63) is 109 Å². The average Bonchev–Trinajstić information content (AvgIpc) is 3.39. The van der Waals surface area contributed by atoms with E-state index in [9.17, 15) is 28.0 Å². The number of carbonyl (C=O) groups is 1. The summed E-state index contributed by atoms with van der Waals surface area (Å²) < 4.78 is 37.0. The Bertz CT molecular complexity index is 2050. The van der Waals surface area contributed by atoms with Gasteiger partial charge in [-0.2, -0.15) is 0 Å². The number of H-pyrrole nitrogens is 1. The third-order valence-corrected chi connectivity index (χ3v) is 8.50. The van der Waals surface area contributed by atoms with Crippen molar-refractivity contribution in [1.29, 1.82) is 0 Å². The van der Waals surface area contributed by atoms with Gasteiger partial charge in [-0.15, -0.1) is 11.3 Å². The van der Waals surface area contributed by atoms with Gasteiger partial charge in [0.1, 0.15) is 22.3 Å². The average molecular weight is 652 g/mol. The minimum atomic E-state index is -0.907. The Hall–Kier alpha value is -4.99. The zero-order chi connectivity index (χ0) is 33.0. The second kappa shape index (κ2) is 14.0. The summed E-state index contributed by atoms with van der Waals surface area (Å²) in [5.74, 6) is -1.87. The molecule has 0 aliphatic rings. The van der Waals surface area contributed by atoms with Gasteiger partial charge >= 0.3 is 17.4 Å². The van der Waals surface area contributed by atoms with E-state index in [0.717, 1.165) is 38.8 Å². The Labute approximate surface area is 264 Å². The molecular formula is C31H31F2N7O5S. The zero-order valence-corrected chi connectivity index (χ0v) is 26.0. The minimum Gasteiger partial charge on any atom is -0.383 e. The van der Waals surface area contributed by atoms with Gasteiger partial charge in [-0.3, -0.25) is 19.2 Å². The summed E-state index contributed by atoms with van der Waals surface area (Å²) in [6.45, 7) is 2.89. The topological polar surface area (TPSA) is 143 Å². The summed E-state index contributed by atoms with van der Waals surface area (Å²) in [6, 6.07) is 11.3. The van der Waals surface area contributed by atoms with E-state index in [1.165, 1.54) is 12.1 Å². The second-order valence-corrected chi connectivity index (χ2v) is 11.4. The molecule has 0 aliphatic heterocycles. The molecule has 0 atom stereocenters.